The molecule has 1 N–H and O–H groups in total. The van der Waals surface area contributed by atoms with Crippen LogP contribution in [0.15, 0.2) is 29.2 Å². The Balaban J connectivity index is 1.91. The van der Waals surface area contributed by atoms with E-state index in [1.54, 1.807) is 0 Å². The fourth-order valence-corrected chi connectivity index (χ4v) is 2.09. The standard InChI is InChI=1S/C12H15NO2S/c1-2-15-10-4-3-5-11(8-10)16-12(14)13-9-6-7-9/h3-5,8-9H,2,6-7H2,1H3,(H,13,14). The van der Waals surface area contributed by atoms with Crippen molar-refractivity contribution < 1.29 is 9.53 Å². The average molecular weight is 237 g/mol. The van der Waals surface area contributed by atoms with Crippen LogP contribution >= 0.6 is 11.8 Å². The number of hydrogen-bond acceptors (Lipinski definition) is 3. The van der Waals surface area contributed by atoms with Gasteiger partial charge in [0.15, 0.2) is 0 Å². The molecule has 1 saturated carbocycles. The van der Waals surface area contributed by atoms with Gasteiger partial charge in [0.1, 0.15) is 5.75 Å². The molecule has 1 aromatic rings. The van der Waals surface area contributed by atoms with Gasteiger partial charge >= 0.3 is 0 Å². The van der Waals surface area contributed by atoms with Crippen molar-refractivity contribution in [1.29, 1.82) is 0 Å². The van der Waals surface area contributed by atoms with Crippen LogP contribution in [0.1, 0.15) is 19.8 Å². The lowest BCUT2D eigenvalue weighted by molar-refractivity contribution is 0.260. The van der Waals surface area contributed by atoms with Gasteiger partial charge in [0.05, 0.1) is 6.61 Å². The Morgan fingerprint density at radius 2 is 2.38 bits per heavy atom. The highest BCUT2D eigenvalue weighted by Crippen LogP contribution is 2.26. The summed E-state index contributed by atoms with van der Waals surface area (Å²) in [4.78, 5) is 12.5. The van der Waals surface area contributed by atoms with Gasteiger partial charge in [-0.2, -0.15) is 0 Å². The van der Waals surface area contributed by atoms with Crippen LogP contribution in [0.2, 0.25) is 0 Å². The molecule has 0 radical (unpaired) electrons. The van der Waals surface area contributed by atoms with Crippen LogP contribution in [-0.2, 0) is 0 Å². The Labute approximate surface area is 99.6 Å². The highest BCUT2D eigenvalue weighted by atomic mass is 32.2. The number of nitrogens with one attached hydrogen (secondary N) is 1. The van der Waals surface area contributed by atoms with Crippen molar-refractivity contribution in [2.75, 3.05) is 6.61 Å². The predicted octanol–water partition coefficient (Wildman–Crippen LogP) is 3.05. The number of ether oxygens (including phenoxy) is 1. The quantitative estimate of drug-likeness (QED) is 0.818. The summed E-state index contributed by atoms with van der Waals surface area (Å²) in [5.74, 6) is 0.812. The molecule has 4 heteroatoms. The number of carbonyl (C=O) groups is 1. The fourth-order valence-electron chi connectivity index (χ4n) is 1.32. The summed E-state index contributed by atoms with van der Waals surface area (Å²) in [6.07, 6.45) is 2.23. The molecular formula is C12H15NO2S. The Morgan fingerprint density at radius 3 is 3.06 bits per heavy atom. The molecule has 0 unspecified atom stereocenters. The maximum atomic E-state index is 11.5. The van der Waals surface area contributed by atoms with E-state index in [9.17, 15) is 4.79 Å². The molecule has 1 aliphatic carbocycles. The first kappa shape index (κ1) is 11.3. The van der Waals surface area contributed by atoms with E-state index in [4.69, 9.17) is 4.74 Å². The Morgan fingerprint density at radius 1 is 1.56 bits per heavy atom. The molecule has 16 heavy (non-hydrogen) atoms. The molecule has 1 aliphatic rings. The van der Waals surface area contributed by atoms with Crippen molar-refractivity contribution in [1.82, 2.24) is 5.32 Å². The molecule has 2 rings (SSSR count). The third-order valence-corrected chi connectivity index (χ3v) is 3.02. The van der Waals surface area contributed by atoms with E-state index in [2.05, 4.69) is 5.32 Å². The highest BCUT2D eigenvalue weighted by Gasteiger charge is 2.23. The summed E-state index contributed by atoms with van der Waals surface area (Å²) in [5.41, 5.74) is 0. The summed E-state index contributed by atoms with van der Waals surface area (Å²) in [7, 11) is 0. The van der Waals surface area contributed by atoms with Crippen molar-refractivity contribution in [3.05, 3.63) is 24.3 Å². The molecule has 3 nitrogen and oxygen atoms in total. The van der Waals surface area contributed by atoms with Crippen molar-refractivity contribution >= 4 is 17.0 Å². The molecule has 0 heterocycles. The van der Waals surface area contributed by atoms with Gasteiger partial charge in [-0.1, -0.05) is 6.07 Å². The van der Waals surface area contributed by atoms with E-state index in [1.807, 2.05) is 31.2 Å². The lowest BCUT2D eigenvalue weighted by atomic mass is 10.3. The number of hydrogen-bond donors (Lipinski definition) is 1. The zero-order chi connectivity index (χ0) is 11.4. The number of carbonyl (C=O) groups excluding carboxylic acids is 1. The number of thioether (sulfide) groups is 1. The molecule has 0 saturated heterocycles. The van der Waals surface area contributed by atoms with E-state index < -0.39 is 0 Å². The Bertz CT molecular complexity index is 377. The summed E-state index contributed by atoms with van der Waals surface area (Å²) in [5, 5.41) is 2.96. The first-order valence-electron chi connectivity index (χ1n) is 5.49. The maximum Gasteiger partial charge on any atom is 0.284 e. The molecule has 0 aliphatic heterocycles. The number of benzene rings is 1. The lowest BCUT2D eigenvalue weighted by Gasteiger charge is -2.05. The van der Waals surface area contributed by atoms with Gasteiger partial charge in [-0.05, 0) is 49.7 Å². The Hall–Kier alpha value is -1.16. The van der Waals surface area contributed by atoms with Crippen molar-refractivity contribution in [3.63, 3.8) is 0 Å². The predicted molar refractivity (Wildman–Crippen MR) is 65.0 cm³/mol. The summed E-state index contributed by atoms with van der Waals surface area (Å²) < 4.78 is 5.38. The van der Waals surface area contributed by atoms with Gasteiger partial charge in [-0.3, -0.25) is 4.79 Å². The summed E-state index contributed by atoms with van der Waals surface area (Å²) >= 11 is 1.22. The minimum Gasteiger partial charge on any atom is -0.494 e. The van der Waals surface area contributed by atoms with E-state index in [1.165, 1.54) is 11.8 Å². The monoisotopic (exact) mass is 237 g/mol. The second-order valence-corrected chi connectivity index (χ2v) is 4.76. The zero-order valence-corrected chi connectivity index (χ0v) is 10.0. The van der Waals surface area contributed by atoms with Crippen molar-refractivity contribution in [2.24, 2.45) is 0 Å². The average Bonchev–Trinajstić information content (AvgIpc) is 3.02. The van der Waals surface area contributed by atoms with Crippen LogP contribution in [-0.4, -0.2) is 17.9 Å². The van der Waals surface area contributed by atoms with Gasteiger partial charge in [-0.25, -0.2) is 0 Å². The third-order valence-electron chi connectivity index (χ3n) is 2.23. The number of rotatable bonds is 4. The summed E-state index contributed by atoms with van der Waals surface area (Å²) in [6, 6.07) is 8.01. The lowest BCUT2D eigenvalue weighted by Crippen LogP contribution is -2.20. The molecule has 0 aromatic heterocycles. The zero-order valence-electron chi connectivity index (χ0n) is 9.23. The van der Waals surface area contributed by atoms with E-state index in [-0.39, 0.29) is 5.24 Å². The SMILES string of the molecule is CCOc1cccc(SC(=O)NC2CC2)c1. The molecule has 86 valence electrons. The largest absolute Gasteiger partial charge is 0.494 e. The van der Waals surface area contributed by atoms with E-state index in [0.717, 1.165) is 23.5 Å². The van der Waals surface area contributed by atoms with Crippen molar-refractivity contribution in [2.45, 2.75) is 30.7 Å². The topological polar surface area (TPSA) is 38.3 Å². The molecule has 1 aromatic carbocycles. The van der Waals surface area contributed by atoms with Crippen LogP contribution in [0, 0.1) is 0 Å². The third kappa shape index (κ3) is 3.45. The molecule has 1 amide bonds. The molecule has 0 bridgehead atoms. The van der Waals surface area contributed by atoms with Gasteiger partial charge in [0.25, 0.3) is 5.24 Å². The minimum absolute atomic E-state index is 0.0242. The van der Waals surface area contributed by atoms with Crippen molar-refractivity contribution in [3.8, 4) is 5.75 Å². The maximum absolute atomic E-state index is 11.5. The van der Waals surface area contributed by atoms with Crippen LogP contribution in [0.5, 0.6) is 5.75 Å². The molecule has 0 spiro atoms. The smallest absolute Gasteiger partial charge is 0.284 e. The summed E-state index contributed by atoms with van der Waals surface area (Å²) in [6.45, 7) is 2.59. The van der Waals surface area contributed by atoms with Crippen LogP contribution in [0.4, 0.5) is 4.79 Å². The highest BCUT2D eigenvalue weighted by molar-refractivity contribution is 8.13. The van der Waals surface area contributed by atoms with Crippen LogP contribution in [0.3, 0.4) is 0 Å². The number of amides is 1. The molecule has 0 atom stereocenters. The van der Waals surface area contributed by atoms with Crippen LogP contribution < -0.4 is 10.1 Å². The Kier molecular flexibility index (Phi) is 3.72. The van der Waals surface area contributed by atoms with Crippen LogP contribution in [0.25, 0.3) is 0 Å². The fraction of sp³-hybridized carbons (Fsp3) is 0.417. The second-order valence-electron chi connectivity index (χ2n) is 3.72. The minimum atomic E-state index is 0.0242. The second kappa shape index (κ2) is 5.25. The van der Waals surface area contributed by atoms with E-state index in [0.29, 0.717) is 12.6 Å². The van der Waals surface area contributed by atoms with Gasteiger partial charge < -0.3 is 10.1 Å². The molecule has 1 fully saturated rings. The normalized spacial score (nSPS) is 14.6. The van der Waals surface area contributed by atoms with Gasteiger partial charge in [-0.15, -0.1) is 0 Å². The van der Waals surface area contributed by atoms with Gasteiger partial charge in [0.2, 0.25) is 0 Å². The van der Waals surface area contributed by atoms with Gasteiger partial charge in [0, 0.05) is 10.9 Å². The first-order valence-corrected chi connectivity index (χ1v) is 6.31. The first-order chi connectivity index (χ1) is 7.78. The van der Waals surface area contributed by atoms with E-state index >= 15 is 0 Å². The molecular weight excluding hydrogens is 222 g/mol.